The zero-order chi connectivity index (χ0) is 10.4. The molecule has 0 bridgehead atoms. The Bertz CT molecular complexity index is 202. The molecule has 76 valence electrons. The molecule has 0 aliphatic rings. The van der Waals surface area contributed by atoms with Crippen molar-refractivity contribution in [2.45, 2.75) is 40.5 Å². The summed E-state index contributed by atoms with van der Waals surface area (Å²) in [4.78, 5) is 11.3. The van der Waals surface area contributed by atoms with E-state index in [1.165, 1.54) is 0 Å². The van der Waals surface area contributed by atoms with Crippen LogP contribution in [0.25, 0.3) is 0 Å². The summed E-state index contributed by atoms with van der Waals surface area (Å²) in [6.07, 6.45) is 1.80. The van der Waals surface area contributed by atoms with Crippen LogP contribution in [0.3, 0.4) is 0 Å². The van der Waals surface area contributed by atoms with Crippen molar-refractivity contribution in [2.24, 2.45) is 5.92 Å². The molecule has 13 heavy (non-hydrogen) atoms. The van der Waals surface area contributed by atoms with Gasteiger partial charge in [-0.25, -0.2) is 0 Å². The van der Waals surface area contributed by atoms with E-state index >= 15 is 0 Å². The van der Waals surface area contributed by atoms with Crippen molar-refractivity contribution in [3.8, 4) is 0 Å². The van der Waals surface area contributed by atoms with E-state index in [0.29, 0.717) is 0 Å². The van der Waals surface area contributed by atoms with Crippen LogP contribution < -0.4 is 0 Å². The molecule has 0 rings (SSSR count). The van der Waals surface area contributed by atoms with E-state index in [4.69, 9.17) is 4.74 Å². The van der Waals surface area contributed by atoms with Crippen molar-refractivity contribution in [2.75, 3.05) is 7.11 Å². The van der Waals surface area contributed by atoms with E-state index in [-0.39, 0.29) is 11.7 Å². The molecule has 0 unspecified atom stereocenters. The van der Waals surface area contributed by atoms with Crippen LogP contribution >= 0.6 is 0 Å². The van der Waals surface area contributed by atoms with Gasteiger partial charge < -0.3 is 4.74 Å². The second kappa shape index (κ2) is 5.79. The number of ketones is 1. The molecule has 0 radical (unpaired) electrons. The molecule has 0 spiro atoms. The number of allylic oxidation sites excluding steroid dienone is 2. The van der Waals surface area contributed by atoms with Crippen LogP contribution in [0.2, 0.25) is 0 Å². The average molecular weight is 184 g/mol. The number of Topliss-reactive ketones (excluding diaryl/α,β-unsaturated/α-hetero) is 1. The number of carbonyl (C=O) groups excluding carboxylic acids is 1. The zero-order valence-corrected chi connectivity index (χ0v) is 9.31. The van der Waals surface area contributed by atoms with Gasteiger partial charge >= 0.3 is 0 Å². The van der Waals surface area contributed by atoms with Gasteiger partial charge in [-0.15, -0.1) is 0 Å². The van der Waals surface area contributed by atoms with Crippen molar-refractivity contribution in [3.05, 3.63) is 11.3 Å². The molecular formula is C11H20O2. The van der Waals surface area contributed by atoms with Crippen molar-refractivity contribution in [3.63, 3.8) is 0 Å². The molecule has 2 heteroatoms. The van der Waals surface area contributed by atoms with Crippen molar-refractivity contribution in [1.82, 2.24) is 0 Å². The predicted molar refractivity (Wildman–Crippen MR) is 54.5 cm³/mol. The van der Waals surface area contributed by atoms with Crippen LogP contribution in [0.15, 0.2) is 11.3 Å². The molecule has 0 N–H and O–H groups in total. The topological polar surface area (TPSA) is 26.3 Å². The number of hydrogen-bond donors (Lipinski definition) is 0. The van der Waals surface area contributed by atoms with Crippen LogP contribution in [-0.4, -0.2) is 12.9 Å². The SMILES string of the molecule is CCC/C(C(C)=O)=C(\OC)C(C)C. The predicted octanol–water partition coefficient (Wildman–Crippen LogP) is 2.93. The van der Waals surface area contributed by atoms with E-state index in [1.54, 1.807) is 14.0 Å². The van der Waals surface area contributed by atoms with Gasteiger partial charge in [0.25, 0.3) is 0 Å². The highest BCUT2D eigenvalue weighted by Gasteiger charge is 2.14. The van der Waals surface area contributed by atoms with Gasteiger partial charge in [0, 0.05) is 11.5 Å². The minimum Gasteiger partial charge on any atom is -0.500 e. The highest BCUT2D eigenvalue weighted by Crippen LogP contribution is 2.20. The lowest BCUT2D eigenvalue weighted by molar-refractivity contribution is -0.114. The third kappa shape index (κ3) is 3.62. The lowest BCUT2D eigenvalue weighted by Crippen LogP contribution is -2.08. The van der Waals surface area contributed by atoms with E-state index in [2.05, 4.69) is 6.92 Å². The van der Waals surface area contributed by atoms with E-state index in [0.717, 1.165) is 24.2 Å². The minimum atomic E-state index is 0.132. The monoisotopic (exact) mass is 184 g/mol. The summed E-state index contributed by atoms with van der Waals surface area (Å²) < 4.78 is 5.25. The maximum Gasteiger partial charge on any atom is 0.159 e. The summed E-state index contributed by atoms with van der Waals surface area (Å²) in [6.45, 7) is 7.75. The number of methoxy groups -OCH3 is 1. The van der Waals surface area contributed by atoms with E-state index in [9.17, 15) is 4.79 Å². The average Bonchev–Trinajstić information content (AvgIpc) is 2.03. The Balaban J connectivity index is 4.88. The van der Waals surface area contributed by atoms with Gasteiger partial charge in [-0.1, -0.05) is 27.2 Å². The van der Waals surface area contributed by atoms with Gasteiger partial charge in [0.05, 0.1) is 7.11 Å². The second-order valence-corrected chi connectivity index (χ2v) is 3.51. The Morgan fingerprint density at radius 2 is 1.92 bits per heavy atom. The summed E-state index contributed by atoms with van der Waals surface area (Å²) in [5.41, 5.74) is 0.847. The molecule has 0 saturated carbocycles. The van der Waals surface area contributed by atoms with Gasteiger partial charge in [-0.2, -0.15) is 0 Å². The molecule has 0 aliphatic heterocycles. The van der Waals surface area contributed by atoms with Crippen LogP contribution in [0, 0.1) is 5.92 Å². The van der Waals surface area contributed by atoms with Crippen molar-refractivity contribution >= 4 is 5.78 Å². The van der Waals surface area contributed by atoms with Crippen molar-refractivity contribution in [1.29, 1.82) is 0 Å². The summed E-state index contributed by atoms with van der Waals surface area (Å²) in [7, 11) is 1.63. The molecule has 0 saturated heterocycles. The molecule has 0 aromatic rings. The lowest BCUT2D eigenvalue weighted by atomic mass is 10.00. The first-order valence-electron chi connectivity index (χ1n) is 4.82. The second-order valence-electron chi connectivity index (χ2n) is 3.51. The van der Waals surface area contributed by atoms with Crippen LogP contribution in [-0.2, 0) is 9.53 Å². The van der Waals surface area contributed by atoms with Crippen LogP contribution in [0.5, 0.6) is 0 Å². The first-order valence-corrected chi connectivity index (χ1v) is 4.82. The van der Waals surface area contributed by atoms with Gasteiger partial charge in [0.1, 0.15) is 5.76 Å². The highest BCUT2D eigenvalue weighted by molar-refractivity contribution is 5.93. The van der Waals surface area contributed by atoms with Crippen molar-refractivity contribution < 1.29 is 9.53 Å². The third-order valence-electron chi connectivity index (χ3n) is 1.97. The van der Waals surface area contributed by atoms with Gasteiger partial charge in [0.15, 0.2) is 5.78 Å². The Morgan fingerprint density at radius 3 is 2.15 bits per heavy atom. The lowest BCUT2D eigenvalue weighted by Gasteiger charge is -2.14. The molecule has 0 fully saturated rings. The molecule has 0 aliphatic carbocycles. The maximum atomic E-state index is 11.3. The molecular weight excluding hydrogens is 164 g/mol. The minimum absolute atomic E-state index is 0.132. The largest absolute Gasteiger partial charge is 0.500 e. The van der Waals surface area contributed by atoms with Gasteiger partial charge in [-0.3, -0.25) is 4.79 Å². The maximum absolute atomic E-state index is 11.3. The van der Waals surface area contributed by atoms with E-state index < -0.39 is 0 Å². The zero-order valence-electron chi connectivity index (χ0n) is 9.31. The normalized spacial score (nSPS) is 12.8. The first-order chi connectivity index (χ1) is 6.04. The fraction of sp³-hybridized carbons (Fsp3) is 0.727. The number of ether oxygens (including phenoxy) is 1. The fourth-order valence-electron chi connectivity index (χ4n) is 1.43. The number of carbonyl (C=O) groups is 1. The first kappa shape index (κ1) is 12.2. The molecule has 0 aromatic heterocycles. The molecule has 0 aromatic carbocycles. The quantitative estimate of drug-likeness (QED) is 0.485. The van der Waals surface area contributed by atoms with Crippen LogP contribution in [0.4, 0.5) is 0 Å². The van der Waals surface area contributed by atoms with Crippen LogP contribution in [0.1, 0.15) is 40.5 Å². The molecule has 0 heterocycles. The number of rotatable bonds is 5. The summed E-state index contributed by atoms with van der Waals surface area (Å²) >= 11 is 0. The highest BCUT2D eigenvalue weighted by atomic mass is 16.5. The Kier molecular flexibility index (Phi) is 5.44. The van der Waals surface area contributed by atoms with Gasteiger partial charge in [0.2, 0.25) is 0 Å². The smallest absolute Gasteiger partial charge is 0.159 e. The molecule has 0 atom stereocenters. The molecule has 2 nitrogen and oxygen atoms in total. The number of hydrogen-bond acceptors (Lipinski definition) is 2. The Labute approximate surface area is 81.0 Å². The Hall–Kier alpha value is -0.790. The van der Waals surface area contributed by atoms with Gasteiger partial charge in [-0.05, 0) is 13.3 Å². The van der Waals surface area contributed by atoms with E-state index in [1.807, 2.05) is 13.8 Å². The fourth-order valence-corrected chi connectivity index (χ4v) is 1.43. The summed E-state index contributed by atoms with van der Waals surface area (Å²) in [5, 5.41) is 0. The Morgan fingerprint density at radius 1 is 1.38 bits per heavy atom. The molecule has 0 amide bonds. The summed E-state index contributed by atoms with van der Waals surface area (Å²) in [5.74, 6) is 1.26. The standard InChI is InChI=1S/C11H20O2/c1-6-7-10(9(4)12)11(13-5)8(2)3/h8H,6-7H2,1-5H3/b11-10+. The third-order valence-corrected chi connectivity index (χ3v) is 1.97. The summed E-state index contributed by atoms with van der Waals surface area (Å²) in [6, 6.07) is 0.